The molecule has 6 heteroatoms. The molecule has 0 bridgehead atoms. The van der Waals surface area contributed by atoms with Gasteiger partial charge in [-0.1, -0.05) is 0 Å². The highest BCUT2D eigenvalue weighted by atomic mass is 32.2. The summed E-state index contributed by atoms with van der Waals surface area (Å²) in [5.74, 6) is 0. The lowest BCUT2D eigenvalue weighted by Gasteiger charge is -2.22. The van der Waals surface area contributed by atoms with Gasteiger partial charge >= 0.3 is 0 Å². The molecule has 1 rings (SSSR count). The molecule has 0 aromatic rings. The van der Waals surface area contributed by atoms with E-state index in [1.807, 2.05) is 0 Å². The summed E-state index contributed by atoms with van der Waals surface area (Å²) in [4.78, 5) is 0. The van der Waals surface area contributed by atoms with Gasteiger partial charge in [-0.3, -0.25) is 4.18 Å². The molecule has 1 aliphatic rings. The van der Waals surface area contributed by atoms with Crippen molar-refractivity contribution < 1.29 is 17.3 Å². The average molecular weight is 195 g/mol. The van der Waals surface area contributed by atoms with Crippen molar-refractivity contribution in [2.75, 3.05) is 32.6 Å². The second-order valence-corrected chi connectivity index (χ2v) is 4.33. The Morgan fingerprint density at radius 3 is 2.92 bits per heavy atom. The molecule has 5 nitrogen and oxygen atoms in total. The molecule has 0 aromatic carbocycles. The van der Waals surface area contributed by atoms with Gasteiger partial charge in [0.15, 0.2) is 0 Å². The topological polar surface area (TPSA) is 64.6 Å². The molecule has 0 radical (unpaired) electrons. The zero-order valence-corrected chi connectivity index (χ0v) is 7.76. The van der Waals surface area contributed by atoms with Crippen LogP contribution in [0.1, 0.15) is 0 Å². The van der Waals surface area contributed by atoms with Crippen molar-refractivity contribution in [1.29, 1.82) is 0 Å². The van der Waals surface area contributed by atoms with E-state index in [-0.39, 0.29) is 12.7 Å². The normalized spacial score (nSPS) is 25.6. The number of ether oxygens (including phenoxy) is 1. The van der Waals surface area contributed by atoms with E-state index >= 15 is 0 Å². The molecule has 0 amide bonds. The molecule has 0 aliphatic carbocycles. The van der Waals surface area contributed by atoms with Crippen LogP contribution in [0.5, 0.6) is 0 Å². The van der Waals surface area contributed by atoms with Crippen molar-refractivity contribution in [3.05, 3.63) is 0 Å². The summed E-state index contributed by atoms with van der Waals surface area (Å²) in [5.41, 5.74) is 0. The number of nitrogens with one attached hydrogen (secondary N) is 1. The van der Waals surface area contributed by atoms with Crippen LogP contribution in [-0.2, 0) is 19.0 Å². The first-order chi connectivity index (χ1) is 5.58. The zero-order valence-electron chi connectivity index (χ0n) is 6.95. The number of hydrogen-bond donors (Lipinski definition) is 1. The highest BCUT2D eigenvalue weighted by Gasteiger charge is 2.15. The molecule has 1 atom stereocenters. The van der Waals surface area contributed by atoms with E-state index in [0.29, 0.717) is 13.2 Å². The van der Waals surface area contributed by atoms with Gasteiger partial charge in [0.05, 0.1) is 25.6 Å². The third-order valence-electron chi connectivity index (χ3n) is 1.47. The van der Waals surface area contributed by atoms with Gasteiger partial charge < -0.3 is 10.1 Å². The fourth-order valence-electron chi connectivity index (χ4n) is 0.926. The Kier molecular flexibility index (Phi) is 3.45. The SMILES string of the molecule is CS(=O)(=O)OCC1CNCCO1. The predicted molar refractivity (Wildman–Crippen MR) is 43.4 cm³/mol. The lowest BCUT2D eigenvalue weighted by atomic mass is 10.3. The van der Waals surface area contributed by atoms with Crippen LogP contribution in [0.25, 0.3) is 0 Å². The third kappa shape index (κ3) is 4.01. The number of morpholine rings is 1. The van der Waals surface area contributed by atoms with Crippen molar-refractivity contribution in [2.45, 2.75) is 6.10 Å². The van der Waals surface area contributed by atoms with Crippen LogP contribution in [-0.4, -0.2) is 47.1 Å². The molecule has 0 saturated carbocycles. The van der Waals surface area contributed by atoms with E-state index in [1.165, 1.54) is 0 Å². The zero-order chi connectivity index (χ0) is 9.03. The van der Waals surface area contributed by atoms with Crippen LogP contribution in [0, 0.1) is 0 Å². The maximum atomic E-state index is 10.6. The van der Waals surface area contributed by atoms with Crippen molar-refractivity contribution >= 4 is 10.1 Å². The minimum absolute atomic E-state index is 0.103. The van der Waals surface area contributed by atoms with Gasteiger partial charge in [-0.15, -0.1) is 0 Å². The van der Waals surface area contributed by atoms with Crippen LogP contribution in [0.3, 0.4) is 0 Å². The van der Waals surface area contributed by atoms with Crippen LogP contribution >= 0.6 is 0 Å². The summed E-state index contributed by atoms with van der Waals surface area (Å²) in [6.07, 6.45) is 0.886. The lowest BCUT2D eigenvalue weighted by Crippen LogP contribution is -2.41. The quantitative estimate of drug-likeness (QED) is 0.582. The van der Waals surface area contributed by atoms with Crippen molar-refractivity contribution in [3.63, 3.8) is 0 Å². The van der Waals surface area contributed by atoms with Gasteiger partial charge in [0, 0.05) is 13.1 Å². The summed E-state index contributed by atoms with van der Waals surface area (Å²) in [6, 6.07) is 0. The molecule has 1 N–H and O–H groups in total. The van der Waals surface area contributed by atoms with Crippen LogP contribution < -0.4 is 5.32 Å². The minimum Gasteiger partial charge on any atom is -0.373 e. The van der Waals surface area contributed by atoms with E-state index in [9.17, 15) is 8.42 Å². The Balaban J connectivity index is 2.22. The van der Waals surface area contributed by atoms with Crippen LogP contribution in [0.4, 0.5) is 0 Å². The van der Waals surface area contributed by atoms with Crippen LogP contribution in [0.2, 0.25) is 0 Å². The molecule has 1 heterocycles. The first-order valence-electron chi connectivity index (χ1n) is 3.74. The largest absolute Gasteiger partial charge is 0.373 e. The summed E-state index contributed by atoms with van der Waals surface area (Å²) in [5, 5.41) is 3.07. The first-order valence-corrected chi connectivity index (χ1v) is 5.56. The number of hydrogen-bond acceptors (Lipinski definition) is 5. The van der Waals surface area contributed by atoms with Gasteiger partial charge in [0.2, 0.25) is 0 Å². The Bertz CT molecular complexity index is 220. The molecule has 1 unspecified atom stereocenters. The fourth-order valence-corrected chi connectivity index (χ4v) is 1.33. The van der Waals surface area contributed by atoms with Crippen molar-refractivity contribution in [1.82, 2.24) is 5.32 Å². The smallest absolute Gasteiger partial charge is 0.264 e. The van der Waals surface area contributed by atoms with Crippen molar-refractivity contribution in [3.8, 4) is 0 Å². The maximum absolute atomic E-state index is 10.6. The van der Waals surface area contributed by atoms with E-state index in [0.717, 1.165) is 12.8 Å². The van der Waals surface area contributed by atoms with Gasteiger partial charge in [-0.2, -0.15) is 8.42 Å². The average Bonchev–Trinajstić information content (AvgIpc) is 2.02. The lowest BCUT2D eigenvalue weighted by molar-refractivity contribution is 0.00178. The number of rotatable bonds is 3. The monoisotopic (exact) mass is 195 g/mol. The van der Waals surface area contributed by atoms with Crippen LogP contribution in [0.15, 0.2) is 0 Å². The standard InChI is InChI=1S/C6H13NO4S/c1-12(8,9)11-5-6-4-7-2-3-10-6/h6-7H,2-5H2,1H3. The molecular formula is C6H13NO4S. The molecule has 72 valence electrons. The van der Waals surface area contributed by atoms with Gasteiger partial charge in [-0.05, 0) is 0 Å². The second-order valence-electron chi connectivity index (χ2n) is 2.69. The van der Waals surface area contributed by atoms with E-state index in [2.05, 4.69) is 9.50 Å². The molecule has 0 aromatic heterocycles. The highest BCUT2D eigenvalue weighted by molar-refractivity contribution is 7.85. The summed E-state index contributed by atoms with van der Waals surface area (Å²) in [6.45, 7) is 2.18. The van der Waals surface area contributed by atoms with E-state index < -0.39 is 10.1 Å². The van der Waals surface area contributed by atoms with E-state index in [1.54, 1.807) is 0 Å². The molecule has 1 saturated heterocycles. The third-order valence-corrected chi connectivity index (χ3v) is 2.04. The Morgan fingerprint density at radius 2 is 2.42 bits per heavy atom. The highest BCUT2D eigenvalue weighted by Crippen LogP contribution is 1.98. The first kappa shape index (κ1) is 9.91. The Hall–Kier alpha value is -0.170. The maximum Gasteiger partial charge on any atom is 0.264 e. The van der Waals surface area contributed by atoms with Gasteiger partial charge in [-0.25, -0.2) is 0 Å². The molecule has 1 aliphatic heterocycles. The van der Waals surface area contributed by atoms with Crippen molar-refractivity contribution in [2.24, 2.45) is 0 Å². The van der Waals surface area contributed by atoms with Gasteiger partial charge in [0.25, 0.3) is 10.1 Å². The summed E-state index contributed by atoms with van der Waals surface area (Å²) in [7, 11) is -3.33. The summed E-state index contributed by atoms with van der Waals surface area (Å²) >= 11 is 0. The molecular weight excluding hydrogens is 182 g/mol. The Morgan fingerprint density at radius 1 is 1.67 bits per heavy atom. The molecule has 1 fully saturated rings. The van der Waals surface area contributed by atoms with E-state index in [4.69, 9.17) is 4.74 Å². The molecule has 12 heavy (non-hydrogen) atoms. The minimum atomic E-state index is -3.33. The summed E-state index contributed by atoms with van der Waals surface area (Å²) < 4.78 is 30.9. The van der Waals surface area contributed by atoms with Gasteiger partial charge in [0.1, 0.15) is 0 Å². The Labute approximate surface area is 72.2 Å². The fraction of sp³-hybridized carbons (Fsp3) is 1.00. The predicted octanol–water partition coefficient (Wildman–Crippen LogP) is -1.05. The molecule has 0 spiro atoms. The second kappa shape index (κ2) is 4.18.